The van der Waals surface area contributed by atoms with Gasteiger partial charge in [0.2, 0.25) is 5.91 Å². The van der Waals surface area contributed by atoms with Crippen molar-refractivity contribution in [3.8, 4) is 0 Å². The number of carbonyl (C=O) groups is 2. The van der Waals surface area contributed by atoms with E-state index in [9.17, 15) is 9.59 Å². The lowest BCUT2D eigenvalue weighted by molar-refractivity contribution is -0.133. The molecule has 4 aromatic carbocycles. The predicted molar refractivity (Wildman–Crippen MR) is 183 cm³/mol. The molecule has 8 nitrogen and oxygen atoms in total. The average molecular weight is 646 g/mol. The second-order valence-corrected chi connectivity index (χ2v) is 12.2. The summed E-state index contributed by atoms with van der Waals surface area (Å²) in [6.45, 7) is 1.82. The van der Waals surface area contributed by atoms with Crippen LogP contribution in [0.15, 0.2) is 96.0 Å². The largest absolute Gasteiger partial charge is 0.370 e. The van der Waals surface area contributed by atoms with Gasteiger partial charge in [0, 0.05) is 53.7 Å². The summed E-state index contributed by atoms with van der Waals surface area (Å²) in [7, 11) is 0. The van der Waals surface area contributed by atoms with Crippen molar-refractivity contribution in [1.29, 1.82) is 0 Å². The molecule has 6 N–H and O–H groups in total. The molecule has 5 rings (SSSR count). The maximum Gasteiger partial charge on any atom is 0.251 e. The fourth-order valence-corrected chi connectivity index (χ4v) is 6.05. The van der Waals surface area contributed by atoms with Crippen molar-refractivity contribution in [2.24, 2.45) is 16.5 Å². The van der Waals surface area contributed by atoms with Crippen molar-refractivity contribution in [3.05, 3.63) is 118 Å². The zero-order chi connectivity index (χ0) is 31.8. The third-order valence-corrected chi connectivity index (χ3v) is 8.71. The number of aliphatic imine (C=N–C) groups is 1. The number of halogens is 2. The molecule has 1 saturated heterocycles. The highest BCUT2D eigenvalue weighted by molar-refractivity contribution is 6.30. The number of fused-ring (bicyclic) bond motifs is 1. The van der Waals surface area contributed by atoms with Crippen LogP contribution in [0.25, 0.3) is 10.8 Å². The van der Waals surface area contributed by atoms with E-state index in [4.69, 9.17) is 34.7 Å². The van der Waals surface area contributed by atoms with E-state index in [0.717, 1.165) is 21.9 Å². The van der Waals surface area contributed by atoms with E-state index in [0.29, 0.717) is 61.1 Å². The number of nitrogens with zero attached hydrogens (tertiary/aromatic N) is 2. The molecule has 1 aliphatic rings. The number of nitrogens with one attached hydrogen (secondary N) is 2. The smallest absolute Gasteiger partial charge is 0.251 e. The molecule has 2 amide bonds. The van der Waals surface area contributed by atoms with E-state index in [-0.39, 0.29) is 29.7 Å². The summed E-state index contributed by atoms with van der Waals surface area (Å²) in [6.07, 6.45) is 1.85. The summed E-state index contributed by atoms with van der Waals surface area (Å²) >= 11 is 12.4. The van der Waals surface area contributed by atoms with Crippen LogP contribution >= 0.6 is 23.2 Å². The number of amides is 2. The van der Waals surface area contributed by atoms with Crippen molar-refractivity contribution < 1.29 is 9.59 Å². The van der Waals surface area contributed by atoms with Gasteiger partial charge in [-0.2, -0.15) is 0 Å². The Morgan fingerprint density at radius 1 is 0.933 bits per heavy atom. The van der Waals surface area contributed by atoms with Gasteiger partial charge in [-0.25, -0.2) is 0 Å². The van der Waals surface area contributed by atoms with Gasteiger partial charge in [-0.3, -0.25) is 14.6 Å². The quantitative estimate of drug-likeness (QED) is 0.0999. The lowest BCUT2D eigenvalue weighted by atomic mass is 9.90. The van der Waals surface area contributed by atoms with Crippen LogP contribution in [0.3, 0.4) is 0 Å². The lowest BCUT2D eigenvalue weighted by Gasteiger charge is -2.29. The summed E-state index contributed by atoms with van der Waals surface area (Å²) in [6, 6.07) is 28.5. The molecular formula is C35H38Cl2N6O2. The van der Waals surface area contributed by atoms with Crippen LogP contribution in [0.4, 0.5) is 0 Å². The molecule has 0 spiro atoms. The van der Waals surface area contributed by atoms with E-state index >= 15 is 0 Å². The highest BCUT2D eigenvalue weighted by Crippen LogP contribution is 2.29. The Bertz CT molecular complexity index is 1600. The topological polar surface area (TPSA) is 126 Å². The van der Waals surface area contributed by atoms with Crippen molar-refractivity contribution >= 4 is 51.7 Å². The van der Waals surface area contributed by atoms with Crippen LogP contribution in [0.2, 0.25) is 10.0 Å². The van der Waals surface area contributed by atoms with Gasteiger partial charge in [0.25, 0.3) is 5.91 Å². The molecule has 0 aromatic heterocycles. The second-order valence-electron chi connectivity index (χ2n) is 11.4. The van der Waals surface area contributed by atoms with Crippen LogP contribution in [-0.2, 0) is 4.79 Å². The third-order valence-electron chi connectivity index (χ3n) is 8.21. The summed E-state index contributed by atoms with van der Waals surface area (Å²) in [5.41, 5.74) is 13.7. The molecule has 1 fully saturated rings. The minimum absolute atomic E-state index is 0.0102. The molecule has 0 unspecified atom stereocenters. The number of benzene rings is 4. The Balaban J connectivity index is 1.33. The monoisotopic (exact) mass is 644 g/mol. The Hall–Kier alpha value is -4.11. The number of nitrogens with two attached hydrogens (primary N) is 2. The van der Waals surface area contributed by atoms with Crippen molar-refractivity contribution in [2.75, 3.05) is 26.2 Å². The Morgan fingerprint density at radius 2 is 1.58 bits per heavy atom. The standard InChI is InChI=1S/C35H38Cl2N6O2/c36-28-13-9-24(10-14-28)31(25-11-15-29(37)16-12-25)22-43-19-17-30(42-32(34(43)45)6-3-18-40-35(38)39)21-41-33(44)27-8-7-23-4-1-2-5-26(23)20-27/h1-2,4-5,7-16,20,30-32,42H,3,6,17-19,21-22H2,(H,41,44)(H4,38,39,40)/t30-,32-/m1/s1. The van der Waals surface area contributed by atoms with Crippen molar-refractivity contribution in [3.63, 3.8) is 0 Å². The number of carbonyl (C=O) groups excluding carboxylic acids is 2. The lowest BCUT2D eigenvalue weighted by Crippen LogP contribution is -2.49. The highest BCUT2D eigenvalue weighted by atomic mass is 35.5. The molecule has 1 aliphatic heterocycles. The number of guanidine groups is 1. The second kappa shape index (κ2) is 15.3. The van der Waals surface area contributed by atoms with Crippen molar-refractivity contribution in [1.82, 2.24) is 15.5 Å². The van der Waals surface area contributed by atoms with E-state index in [1.165, 1.54) is 0 Å². The van der Waals surface area contributed by atoms with Crippen LogP contribution in [0.5, 0.6) is 0 Å². The number of hydrogen-bond donors (Lipinski definition) is 4. The Labute approximate surface area is 273 Å². The van der Waals surface area contributed by atoms with Gasteiger partial charge in [-0.15, -0.1) is 0 Å². The molecule has 0 radical (unpaired) electrons. The summed E-state index contributed by atoms with van der Waals surface area (Å²) in [5, 5.41) is 10.0. The first-order valence-corrected chi connectivity index (χ1v) is 15.9. The minimum Gasteiger partial charge on any atom is -0.370 e. The molecule has 1 heterocycles. The van der Waals surface area contributed by atoms with Crippen LogP contribution in [-0.4, -0.2) is 60.9 Å². The molecular weight excluding hydrogens is 607 g/mol. The van der Waals surface area contributed by atoms with Crippen molar-refractivity contribution in [2.45, 2.75) is 37.3 Å². The molecule has 4 aromatic rings. The first-order chi connectivity index (χ1) is 21.8. The van der Waals surface area contributed by atoms with Gasteiger partial charge < -0.3 is 27.0 Å². The van der Waals surface area contributed by atoms with Gasteiger partial charge in [0.1, 0.15) is 0 Å². The SMILES string of the molecule is NC(N)=NCCC[C@H]1N[C@@H](CNC(=O)c2ccc3ccccc3c2)CCN(CC(c2ccc(Cl)cc2)c2ccc(Cl)cc2)C1=O. The number of rotatable bonds is 11. The zero-order valence-electron chi connectivity index (χ0n) is 25.0. The molecule has 0 aliphatic carbocycles. The minimum atomic E-state index is -0.458. The van der Waals surface area contributed by atoms with Crippen LogP contribution < -0.4 is 22.1 Å². The van der Waals surface area contributed by atoms with E-state index < -0.39 is 6.04 Å². The zero-order valence-corrected chi connectivity index (χ0v) is 26.5. The predicted octanol–water partition coefficient (Wildman–Crippen LogP) is 5.32. The average Bonchev–Trinajstić information content (AvgIpc) is 3.19. The van der Waals surface area contributed by atoms with Gasteiger partial charge in [0.05, 0.1) is 6.04 Å². The molecule has 2 atom stereocenters. The summed E-state index contributed by atoms with van der Waals surface area (Å²) in [4.78, 5) is 33.2. The van der Waals surface area contributed by atoms with Gasteiger partial charge in [-0.1, -0.05) is 77.8 Å². The van der Waals surface area contributed by atoms with Gasteiger partial charge in [0.15, 0.2) is 5.96 Å². The van der Waals surface area contributed by atoms with E-state index in [2.05, 4.69) is 15.6 Å². The highest BCUT2D eigenvalue weighted by Gasteiger charge is 2.32. The maximum atomic E-state index is 14.1. The fraction of sp³-hybridized carbons (Fsp3) is 0.286. The molecule has 45 heavy (non-hydrogen) atoms. The normalized spacial score (nSPS) is 16.9. The third kappa shape index (κ3) is 8.75. The maximum absolute atomic E-state index is 14.1. The summed E-state index contributed by atoms with van der Waals surface area (Å²) in [5.74, 6) is -0.199. The number of hydrogen-bond acceptors (Lipinski definition) is 4. The van der Waals surface area contributed by atoms with Gasteiger partial charge >= 0.3 is 0 Å². The Morgan fingerprint density at radius 3 is 2.22 bits per heavy atom. The Kier molecular flexibility index (Phi) is 10.9. The van der Waals surface area contributed by atoms with Gasteiger partial charge in [-0.05, 0) is 77.6 Å². The molecule has 0 saturated carbocycles. The van der Waals surface area contributed by atoms with Crippen LogP contribution in [0, 0.1) is 0 Å². The molecule has 10 heteroatoms. The first-order valence-electron chi connectivity index (χ1n) is 15.1. The summed E-state index contributed by atoms with van der Waals surface area (Å²) < 4.78 is 0. The fourth-order valence-electron chi connectivity index (χ4n) is 5.80. The van der Waals surface area contributed by atoms with Crippen LogP contribution in [0.1, 0.15) is 46.7 Å². The molecule has 234 valence electrons. The van der Waals surface area contributed by atoms with E-state index in [1.807, 2.05) is 95.9 Å². The van der Waals surface area contributed by atoms with E-state index in [1.54, 1.807) is 0 Å². The molecule has 0 bridgehead atoms. The first kappa shape index (κ1) is 32.3.